The van der Waals surface area contributed by atoms with E-state index in [-0.39, 0.29) is 12.1 Å². The van der Waals surface area contributed by atoms with Crippen LogP contribution in [0.2, 0.25) is 0 Å². The molecule has 1 aliphatic rings. The highest BCUT2D eigenvalue weighted by Gasteiger charge is 2.44. The fraction of sp³-hybridized carbons (Fsp3) is 0.250. The number of amides is 5. The van der Waals surface area contributed by atoms with Gasteiger partial charge in [-0.2, -0.15) is 0 Å². The predicted octanol–water partition coefficient (Wildman–Crippen LogP) is 0.980. The van der Waals surface area contributed by atoms with Gasteiger partial charge in [0.05, 0.1) is 6.04 Å². The highest BCUT2D eigenvalue weighted by atomic mass is 19.1. The zero-order valence-electron chi connectivity index (χ0n) is 13.0. The van der Waals surface area contributed by atoms with Crippen molar-refractivity contribution in [1.82, 2.24) is 15.1 Å². The first-order valence-corrected chi connectivity index (χ1v) is 7.18. The molecule has 0 aliphatic carbocycles. The summed E-state index contributed by atoms with van der Waals surface area (Å²) in [5, 5.41) is 2.49. The summed E-state index contributed by atoms with van der Waals surface area (Å²) in [7, 11) is 0. The number of rotatable bonds is 6. The van der Waals surface area contributed by atoms with Crippen molar-refractivity contribution in [2.24, 2.45) is 0 Å². The van der Waals surface area contributed by atoms with E-state index in [4.69, 9.17) is 0 Å². The summed E-state index contributed by atoms with van der Waals surface area (Å²) in [4.78, 5) is 48.7. The van der Waals surface area contributed by atoms with Gasteiger partial charge >= 0.3 is 17.8 Å². The van der Waals surface area contributed by atoms with Crippen LogP contribution in [-0.4, -0.2) is 46.6 Å². The fourth-order valence-electron chi connectivity index (χ4n) is 2.31. The second kappa shape index (κ2) is 7.03. The second-order valence-electron chi connectivity index (χ2n) is 5.19. The molecule has 2 rings (SSSR count). The van der Waals surface area contributed by atoms with Crippen LogP contribution in [-0.2, 0) is 14.4 Å². The van der Waals surface area contributed by atoms with E-state index in [9.17, 15) is 23.6 Å². The van der Waals surface area contributed by atoms with Crippen molar-refractivity contribution in [1.29, 1.82) is 0 Å². The molecule has 1 atom stereocenters. The Morgan fingerprint density at radius 1 is 1.25 bits per heavy atom. The van der Waals surface area contributed by atoms with Crippen molar-refractivity contribution < 1.29 is 23.6 Å². The van der Waals surface area contributed by atoms with Crippen LogP contribution in [0.4, 0.5) is 9.18 Å². The van der Waals surface area contributed by atoms with Crippen LogP contribution in [0.15, 0.2) is 36.9 Å². The van der Waals surface area contributed by atoms with Crippen LogP contribution < -0.4 is 5.32 Å². The molecule has 0 radical (unpaired) electrons. The number of nitrogens with one attached hydrogen (secondary N) is 1. The molecule has 1 aliphatic heterocycles. The van der Waals surface area contributed by atoms with Crippen molar-refractivity contribution >= 4 is 23.8 Å². The molecule has 0 aromatic heterocycles. The fourth-order valence-corrected chi connectivity index (χ4v) is 2.31. The van der Waals surface area contributed by atoms with Gasteiger partial charge in [0.1, 0.15) is 12.4 Å². The summed E-state index contributed by atoms with van der Waals surface area (Å²) >= 11 is 0. The van der Waals surface area contributed by atoms with Crippen LogP contribution in [0, 0.1) is 5.82 Å². The Hall–Kier alpha value is -3.03. The third-order valence-corrected chi connectivity index (χ3v) is 3.50. The monoisotopic (exact) mass is 333 g/mol. The molecular weight excluding hydrogens is 317 g/mol. The minimum absolute atomic E-state index is 0.118. The number of imide groups is 2. The van der Waals surface area contributed by atoms with Crippen LogP contribution in [0.5, 0.6) is 0 Å². The number of halogens is 1. The van der Waals surface area contributed by atoms with Crippen LogP contribution in [0.3, 0.4) is 0 Å². The molecule has 0 bridgehead atoms. The number of hydrogen-bond donors (Lipinski definition) is 1. The average Bonchev–Trinajstić information content (AvgIpc) is 2.73. The zero-order chi connectivity index (χ0) is 17.9. The average molecular weight is 333 g/mol. The summed E-state index contributed by atoms with van der Waals surface area (Å²) in [5.74, 6) is -3.24. The van der Waals surface area contributed by atoms with E-state index >= 15 is 0 Å². The molecule has 0 saturated carbocycles. The summed E-state index contributed by atoms with van der Waals surface area (Å²) < 4.78 is 13.7. The molecule has 1 saturated heterocycles. The van der Waals surface area contributed by atoms with E-state index in [1.807, 2.05) is 0 Å². The number of urea groups is 1. The molecule has 1 N–H and O–H groups in total. The number of hydrogen-bond acceptors (Lipinski definition) is 4. The third-order valence-electron chi connectivity index (χ3n) is 3.50. The van der Waals surface area contributed by atoms with E-state index in [1.165, 1.54) is 24.3 Å². The maximum atomic E-state index is 13.7. The first kappa shape index (κ1) is 17.3. The molecule has 5 amide bonds. The molecule has 0 spiro atoms. The van der Waals surface area contributed by atoms with Gasteiger partial charge in [-0.05, 0) is 13.0 Å². The smallest absolute Gasteiger partial charge is 0.335 e. The molecule has 8 heteroatoms. The summed E-state index contributed by atoms with van der Waals surface area (Å²) in [5.41, 5.74) is 0.272. The van der Waals surface area contributed by atoms with Gasteiger partial charge in [-0.15, -0.1) is 6.58 Å². The van der Waals surface area contributed by atoms with Crippen LogP contribution in [0.1, 0.15) is 18.5 Å². The van der Waals surface area contributed by atoms with Gasteiger partial charge < -0.3 is 5.32 Å². The predicted molar refractivity (Wildman–Crippen MR) is 82.0 cm³/mol. The van der Waals surface area contributed by atoms with Gasteiger partial charge in [-0.3, -0.25) is 19.3 Å². The SMILES string of the molecule is C=CCN1C(=O)C(=O)N(CC(=O)N[C@@H](C)c2ccccc2F)C1=O. The molecule has 7 nitrogen and oxygen atoms in total. The Balaban J connectivity index is 2.03. The lowest BCUT2D eigenvalue weighted by atomic mass is 10.1. The van der Waals surface area contributed by atoms with Crippen molar-refractivity contribution in [2.75, 3.05) is 13.1 Å². The molecule has 1 heterocycles. The highest BCUT2D eigenvalue weighted by molar-refractivity contribution is 6.45. The quantitative estimate of drug-likeness (QED) is 0.478. The molecule has 1 fully saturated rings. The maximum absolute atomic E-state index is 13.7. The maximum Gasteiger partial charge on any atom is 0.335 e. The van der Waals surface area contributed by atoms with Crippen molar-refractivity contribution in [3.63, 3.8) is 0 Å². The van der Waals surface area contributed by atoms with E-state index in [1.54, 1.807) is 13.0 Å². The summed E-state index contributed by atoms with van der Waals surface area (Å²) in [6, 6.07) is 4.39. The van der Waals surface area contributed by atoms with E-state index < -0.39 is 42.2 Å². The number of benzene rings is 1. The largest absolute Gasteiger partial charge is 0.348 e. The minimum atomic E-state index is -1.07. The van der Waals surface area contributed by atoms with E-state index in [0.29, 0.717) is 9.80 Å². The molecule has 24 heavy (non-hydrogen) atoms. The summed E-state index contributed by atoms with van der Waals surface area (Å²) in [6.07, 6.45) is 1.30. The second-order valence-corrected chi connectivity index (χ2v) is 5.19. The molecule has 126 valence electrons. The number of nitrogens with zero attached hydrogens (tertiary/aromatic N) is 2. The van der Waals surface area contributed by atoms with Crippen molar-refractivity contribution in [3.05, 3.63) is 48.3 Å². The molecule has 1 aromatic carbocycles. The third kappa shape index (κ3) is 3.32. The zero-order valence-corrected chi connectivity index (χ0v) is 13.0. The van der Waals surface area contributed by atoms with Gasteiger partial charge in [-0.25, -0.2) is 14.1 Å². The first-order chi connectivity index (χ1) is 11.4. The Bertz CT molecular complexity index is 719. The van der Waals surface area contributed by atoms with Crippen molar-refractivity contribution in [3.8, 4) is 0 Å². The Morgan fingerprint density at radius 3 is 2.50 bits per heavy atom. The molecule has 0 unspecified atom stereocenters. The standard InChI is InChI=1S/C16H16FN3O4/c1-3-8-19-14(22)15(23)20(16(19)24)9-13(21)18-10(2)11-6-4-5-7-12(11)17/h3-7,10H,1,8-9H2,2H3,(H,18,21)/t10-/m0/s1. The lowest BCUT2D eigenvalue weighted by Gasteiger charge is -2.18. The number of carbonyl (C=O) groups excluding carboxylic acids is 4. The normalized spacial score (nSPS) is 15.7. The highest BCUT2D eigenvalue weighted by Crippen LogP contribution is 2.16. The first-order valence-electron chi connectivity index (χ1n) is 7.18. The van der Waals surface area contributed by atoms with Gasteiger partial charge in [0.15, 0.2) is 0 Å². The molecule has 1 aromatic rings. The Labute approximate surface area is 137 Å². The van der Waals surface area contributed by atoms with Gasteiger partial charge in [0, 0.05) is 12.1 Å². The Kier molecular flexibility index (Phi) is 5.08. The lowest BCUT2D eigenvalue weighted by molar-refractivity contribution is -0.143. The number of carbonyl (C=O) groups is 4. The van der Waals surface area contributed by atoms with Crippen molar-refractivity contribution in [2.45, 2.75) is 13.0 Å². The Morgan fingerprint density at radius 2 is 1.88 bits per heavy atom. The lowest BCUT2D eigenvalue weighted by Crippen LogP contribution is -2.42. The van der Waals surface area contributed by atoms with Gasteiger partial charge in [0.25, 0.3) is 0 Å². The topological polar surface area (TPSA) is 86.8 Å². The van der Waals surface area contributed by atoms with E-state index in [0.717, 1.165) is 0 Å². The van der Waals surface area contributed by atoms with Gasteiger partial charge in [0.2, 0.25) is 5.91 Å². The van der Waals surface area contributed by atoms with Gasteiger partial charge in [-0.1, -0.05) is 24.3 Å². The van der Waals surface area contributed by atoms with Crippen LogP contribution >= 0.6 is 0 Å². The van der Waals surface area contributed by atoms with Crippen LogP contribution in [0.25, 0.3) is 0 Å². The minimum Gasteiger partial charge on any atom is -0.348 e. The summed E-state index contributed by atoms with van der Waals surface area (Å²) in [6.45, 7) is 4.23. The molecular formula is C16H16FN3O4. The van der Waals surface area contributed by atoms with E-state index in [2.05, 4.69) is 11.9 Å².